The maximum Gasteiger partial charge on any atom is 0.123 e. The number of aliphatic hydroxyl groups is 1. The van der Waals surface area contributed by atoms with Crippen molar-refractivity contribution in [3.8, 4) is 5.75 Å². The first-order valence-electron chi connectivity index (χ1n) is 6.55. The molecule has 0 spiro atoms. The monoisotopic (exact) mass is 234 g/mol. The summed E-state index contributed by atoms with van der Waals surface area (Å²) < 4.78 is 5.66. The minimum atomic E-state index is 0.0778. The van der Waals surface area contributed by atoms with Gasteiger partial charge >= 0.3 is 0 Å². The van der Waals surface area contributed by atoms with E-state index < -0.39 is 0 Å². The molecule has 0 amide bonds. The molecule has 0 heterocycles. The Morgan fingerprint density at radius 3 is 2.82 bits per heavy atom. The third-order valence-electron chi connectivity index (χ3n) is 3.65. The van der Waals surface area contributed by atoms with E-state index in [0.717, 1.165) is 11.7 Å². The van der Waals surface area contributed by atoms with E-state index in [0.29, 0.717) is 12.5 Å². The molecule has 1 saturated carbocycles. The van der Waals surface area contributed by atoms with Crippen LogP contribution in [0.1, 0.15) is 43.2 Å². The molecule has 1 aromatic carbocycles. The summed E-state index contributed by atoms with van der Waals surface area (Å²) in [6.07, 6.45) is 3.84. The molecule has 1 aliphatic rings. The SMILES string of the molecule is Cc1ccc(C2CCC(C)C2)c(OCCO)c1. The summed E-state index contributed by atoms with van der Waals surface area (Å²) in [6.45, 7) is 4.86. The lowest BCUT2D eigenvalue weighted by Gasteiger charge is -2.16. The maximum absolute atomic E-state index is 8.87. The maximum atomic E-state index is 8.87. The number of ether oxygens (including phenoxy) is 1. The van der Waals surface area contributed by atoms with Gasteiger partial charge in [-0.1, -0.05) is 25.5 Å². The van der Waals surface area contributed by atoms with Gasteiger partial charge in [0.15, 0.2) is 0 Å². The van der Waals surface area contributed by atoms with E-state index in [2.05, 4.69) is 32.0 Å². The first-order valence-corrected chi connectivity index (χ1v) is 6.55. The largest absolute Gasteiger partial charge is 0.491 e. The van der Waals surface area contributed by atoms with Crippen LogP contribution in [-0.2, 0) is 0 Å². The van der Waals surface area contributed by atoms with E-state index in [1.807, 2.05) is 0 Å². The molecule has 1 N–H and O–H groups in total. The van der Waals surface area contributed by atoms with Gasteiger partial charge in [0, 0.05) is 0 Å². The van der Waals surface area contributed by atoms with Crippen LogP contribution in [0.3, 0.4) is 0 Å². The molecule has 0 saturated heterocycles. The average Bonchev–Trinajstić information content (AvgIpc) is 2.73. The topological polar surface area (TPSA) is 29.5 Å². The highest BCUT2D eigenvalue weighted by atomic mass is 16.5. The van der Waals surface area contributed by atoms with Gasteiger partial charge in [0.05, 0.1) is 6.61 Å². The first-order chi connectivity index (χ1) is 8.20. The predicted molar refractivity (Wildman–Crippen MR) is 69.5 cm³/mol. The number of aliphatic hydroxyl groups excluding tert-OH is 1. The summed E-state index contributed by atoms with van der Waals surface area (Å²) in [4.78, 5) is 0. The fraction of sp³-hybridized carbons (Fsp3) is 0.600. The van der Waals surface area contributed by atoms with E-state index in [1.165, 1.54) is 30.4 Å². The number of benzene rings is 1. The summed E-state index contributed by atoms with van der Waals surface area (Å²) in [7, 11) is 0. The Kier molecular flexibility index (Phi) is 4.06. The summed E-state index contributed by atoms with van der Waals surface area (Å²) in [5.41, 5.74) is 2.54. The predicted octanol–water partition coefficient (Wildman–Crippen LogP) is 3.27. The normalized spacial score (nSPS) is 23.9. The zero-order valence-corrected chi connectivity index (χ0v) is 10.8. The quantitative estimate of drug-likeness (QED) is 0.866. The minimum Gasteiger partial charge on any atom is -0.491 e. The van der Waals surface area contributed by atoms with Gasteiger partial charge in [-0.3, -0.25) is 0 Å². The average molecular weight is 234 g/mol. The van der Waals surface area contributed by atoms with Crippen molar-refractivity contribution in [3.63, 3.8) is 0 Å². The molecular weight excluding hydrogens is 212 g/mol. The van der Waals surface area contributed by atoms with E-state index in [-0.39, 0.29) is 6.61 Å². The van der Waals surface area contributed by atoms with Gasteiger partial charge in [-0.15, -0.1) is 0 Å². The summed E-state index contributed by atoms with van der Waals surface area (Å²) >= 11 is 0. The molecule has 1 aromatic rings. The molecule has 2 unspecified atom stereocenters. The number of rotatable bonds is 4. The Morgan fingerprint density at radius 1 is 1.35 bits per heavy atom. The summed E-state index contributed by atoms with van der Waals surface area (Å²) in [5, 5.41) is 8.87. The van der Waals surface area contributed by atoms with E-state index in [1.54, 1.807) is 0 Å². The van der Waals surface area contributed by atoms with Gasteiger partial charge in [0.1, 0.15) is 12.4 Å². The van der Waals surface area contributed by atoms with Crippen molar-refractivity contribution in [2.24, 2.45) is 5.92 Å². The molecule has 2 nitrogen and oxygen atoms in total. The summed E-state index contributed by atoms with van der Waals surface area (Å²) in [6, 6.07) is 6.45. The molecule has 2 rings (SSSR count). The lowest BCUT2D eigenvalue weighted by atomic mass is 9.95. The second-order valence-corrected chi connectivity index (χ2v) is 5.23. The van der Waals surface area contributed by atoms with Gasteiger partial charge in [-0.2, -0.15) is 0 Å². The van der Waals surface area contributed by atoms with Crippen molar-refractivity contribution >= 4 is 0 Å². The van der Waals surface area contributed by atoms with Crippen molar-refractivity contribution in [2.75, 3.05) is 13.2 Å². The number of hydrogen-bond donors (Lipinski definition) is 1. The molecule has 2 atom stereocenters. The van der Waals surface area contributed by atoms with Crippen LogP contribution in [0.2, 0.25) is 0 Å². The number of hydrogen-bond acceptors (Lipinski definition) is 2. The van der Waals surface area contributed by atoms with Crippen molar-refractivity contribution in [3.05, 3.63) is 29.3 Å². The fourth-order valence-corrected chi connectivity index (χ4v) is 2.75. The Balaban J connectivity index is 2.19. The van der Waals surface area contributed by atoms with Crippen LogP contribution in [0.25, 0.3) is 0 Å². The first kappa shape index (κ1) is 12.4. The smallest absolute Gasteiger partial charge is 0.123 e. The molecule has 1 fully saturated rings. The molecule has 0 aliphatic heterocycles. The molecule has 0 radical (unpaired) electrons. The minimum absolute atomic E-state index is 0.0778. The zero-order valence-electron chi connectivity index (χ0n) is 10.8. The van der Waals surface area contributed by atoms with Crippen LogP contribution in [0.4, 0.5) is 0 Å². The standard InChI is InChI=1S/C15H22O2/c1-11-3-5-13(9-11)14-6-4-12(2)10-15(14)17-8-7-16/h4,6,10-11,13,16H,3,5,7-9H2,1-2H3. The molecule has 94 valence electrons. The summed E-state index contributed by atoms with van der Waals surface area (Å²) in [5.74, 6) is 2.43. The Labute approximate surface area is 104 Å². The van der Waals surface area contributed by atoms with Gasteiger partial charge in [0.25, 0.3) is 0 Å². The second-order valence-electron chi connectivity index (χ2n) is 5.23. The molecule has 17 heavy (non-hydrogen) atoms. The van der Waals surface area contributed by atoms with Gasteiger partial charge in [-0.25, -0.2) is 0 Å². The van der Waals surface area contributed by atoms with Crippen LogP contribution in [0, 0.1) is 12.8 Å². The van der Waals surface area contributed by atoms with Crippen LogP contribution < -0.4 is 4.74 Å². The van der Waals surface area contributed by atoms with E-state index in [4.69, 9.17) is 9.84 Å². The number of aryl methyl sites for hydroxylation is 1. The van der Waals surface area contributed by atoms with Crippen LogP contribution in [-0.4, -0.2) is 18.3 Å². The Bertz CT molecular complexity index is 373. The molecule has 1 aliphatic carbocycles. The van der Waals surface area contributed by atoms with Crippen molar-refractivity contribution in [1.29, 1.82) is 0 Å². The molecule has 0 bridgehead atoms. The lowest BCUT2D eigenvalue weighted by molar-refractivity contribution is 0.199. The lowest BCUT2D eigenvalue weighted by Crippen LogP contribution is -2.06. The Morgan fingerprint density at radius 2 is 2.18 bits per heavy atom. The van der Waals surface area contributed by atoms with E-state index in [9.17, 15) is 0 Å². The van der Waals surface area contributed by atoms with Crippen LogP contribution >= 0.6 is 0 Å². The molecule has 2 heteroatoms. The van der Waals surface area contributed by atoms with Crippen molar-refractivity contribution in [2.45, 2.75) is 39.0 Å². The second kappa shape index (κ2) is 5.54. The fourth-order valence-electron chi connectivity index (χ4n) is 2.75. The van der Waals surface area contributed by atoms with Crippen LogP contribution in [0.15, 0.2) is 18.2 Å². The third-order valence-corrected chi connectivity index (χ3v) is 3.65. The van der Waals surface area contributed by atoms with Gasteiger partial charge in [-0.05, 0) is 48.8 Å². The van der Waals surface area contributed by atoms with Gasteiger partial charge < -0.3 is 9.84 Å². The van der Waals surface area contributed by atoms with Crippen molar-refractivity contribution < 1.29 is 9.84 Å². The van der Waals surface area contributed by atoms with Crippen LogP contribution in [0.5, 0.6) is 5.75 Å². The highest BCUT2D eigenvalue weighted by Crippen LogP contribution is 2.41. The van der Waals surface area contributed by atoms with Gasteiger partial charge in [0.2, 0.25) is 0 Å². The van der Waals surface area contributed by atoms with Crippen molar-refractivity contribution in [1.82, 2.24) is 0 Å². The Hall–Kier alpha value is -1.02. The zero-order chi connectivity index (χ0) is 12.3. The molecular formula is C15H22O2. The molecule has 0 aromatic heterocycles. The highest BCUT2D eigenvalue weighted by Gasteiger charge is 2.25. The van der Waals surface area contributed by atoms with E-state index >= 15 is 0 Å². The highest BCUT2D eigenvalue weighted by molar-refractivity contribution is 5.40. The third kappa shape index (κ3) is 3.01.